The summed E-state index contributed by atoms with van der Waals surface area (Å²) >= 11 is 0. The van der Waals surface area contributed by atoms with E-state index in [0.29, 0.717) is 11.8 Å². The number of hydrogen-bond donors (Lipinski definition) is 0. The van der Waals surface area contributed by atoms with Gasteiger partial charge in [0.15, 0.2) is 0 Å². The number of aryl methyl sites for hydroxylation is 1. The van der Waals surface area contributed by atoms with Crippen molar-refractivity contribution in [2.24, 2.45) is 5.92 Å². The minimum atomic E-state index is 0.681. The van der Waals surface area contributed by atoms with Crippen LogP contribution >= 0.6 is 0 Å². The van der Waals surface area contributed by atoms with Crippen LogP contribution in [0.2, 0.25) is 0 Å². The zero-order chi connectivity index (χ0) is 12.4. The molecule has 1 aliphatic carbocycles. The molecule has 0 spiro atoms. The third-order valence-corrected chi connectivity index (χ3v) is 3.02. The summed E-state index contributed by atoms with van der Waals surface area (Å²) in [5.41, 5.74) is 1.97. The normalized spacial score (nSPS) is 14.5. The van der Waals surface area contributed by atoms with Gasteiger partial charge in [-0.3, -0.25) is 4.98 Å². The van der Waals surface area contributed by atoms with Crippen LogP contribution in [0.3, 0.4) is 0 Å². The Kier molecular flexibility index (Phi) is 2.92. The standard InChI is InChI=1S/C14H15N3O/c1-10-16-8-13(12-4-6-15-7-5-12)14(17-10)18-9-11-2-3-11/h4-8,11H,2-3,9H2,1H3. The lowest BCUT2D eigenvalue weighted by atomic mass is 10.1. The minimum absolute atomic E-state index is 0.681. The van der Waals surface area contributed by atoms with E-state index < -0.39 is 0 Å². The molecule has 1 fully saturated rings. The average Bonchev–Trinajstić information content (AvgIpc) is 3.21. The van der Waals surface area contributed by atoms with Gasteiger partial charge >= 0.3 is 0 Å². The van der Waals surface area contributed by atoms with Crippen molar-refractivity contribution in [2.45, 2.75) is 19.8 Å². The van der Waals surface area contributed by atoms with Crippen molar-refractivity contribution in [1.82, 2.24) is 15.0 Å². The molecule has 2 aromatic heterocycles. The highest BCUT2D eigenvalue weighted by Gasteiger charge is 2.23. The van der Waals surface area contributed by atoms with Gasteiger partial charge in [0.2, 0.25) is 5.88 Å². The number of nitrogens with zero attached hydrogens (tertiary/aromatic N) is 3. The molecular formula is C14H15N3O. The summed E-state index contributed by atoms with van der Waals surface area (Å²) in [6.45, 7) is 2.63. The van der Waals surface area contributed by atoms with E-state index in [9.17, 15) is 0 Å². The molecule has 2 heterocycles. The lowest BCUT2D eigenvalue weighted by Crippen LogP contribution is -2.04. The average molecular weight is 241 g/mol. The Balaban J connectivity index is 1.91. The van der Waals surface area contributed by atoms with E-state index >= 15 is 0 Å². The van der Waals surface area contributed by atoms with E-state index in [2.05, 4.69) is 15.0 Å². The second-order valence-corrected chi connectivity index (χ2v) is 4.63. The molecule has 0 aromatic carbocycles. The molecule has 0 aliphatic heterocycles. The van der Waals surface area contributed by atoms with Crippen LogP contribution in [-0.4, -0.2) is 21.6 Å². The third kappa shape index (κ3) is 2.47. The van der Waals surface area contributed by atoms with E-state index in [0.717, 1.165) is 23.6 Å². The van der Waals surface area contributed by atoms with Gasteiger partial charge in [-0.15, -0.1) is 0 Å². The first kappa shape index (κ1) is 11.1. The van der Waals surface area contributed by atoms with Crippen LogP contribution < -0.4 is 4.74 Å². The Bertz CT molecular complexity index is 538. The molecule has 18 heavy (non-hydrogen) atoms. The highest BCUT2D eigenvalue weighted by molar-refractivity contribution is 5.67. The van der Waals surface area contributed by atoms with Crippen LogP contribution in [0, 0.1) is 12.8 Å². The fourth-order valence-electron chi connectivity index (χ4n) is 1.77. The summed E-state index contributed by atoms with van der Waals surface area (Å²) in [5, 5.41) is 0. The Morgan fingerprint density at radius 2 is 2.06 bits per heavy atom. The van der Waals surface area contributed by atoms with Crippen molar-refractivity contribution in [1.29, 1.82) is 0 Å². The largest absolute Gasteiger partial charge is 0.477 e. The van der Waals surface area contributed by atoms with E-state index in [4.69, 9.17) is 4.74 Å². The maximum Gasteiger partial charge on any atom is 0.224 e. The van der Waals surface area contributed by atoms with Crippen LogP contribution in [0.15, 0.2) is 30.7 Å². The highest BCUT2D eigenvalue weighted by Crippen LogP contribution is 2.32. The van der Waals surface area contributed by atoms with E-state index in [1.807, 2.05) is 25.3 Å². The Morgan fingerprint density at radius 3 is 2.78 bits per heavy atom. The molecule has 0 radical (unpaired) electrons. The van der Waals surface area contributed by atoms with Crippen LogP contribution in [0.25, 0.3) is 11.1 Å². The van der Waals surface area contributed by atoms with Gasteiger partial charge in [-0.25, -0.2) is 4.98 Å². The lowest BCUT2D eigenvalue weighted by molar-refractivity contribution is 0.288. The molecule has 0 atom stereocenters. The molecule has 1 saturated carbocycles. The van der Waals surface area contributed by atoms with Gasteiger partial charge in [0.1, 0.15) is 5.82 Å². The smallest absolute Gasteiger partial charge is 0.224 e. The number of ether oxygens (including phenoxy) is 1. The molecule has 4 nitrogen and oxygen atoms in total. The molecule has 0 N–H and O–H groups in total. The molecule has 92 valence electrons. The molecule has 1 aliphatic rings. The Morgan fingerprint density at radius 1 is 1.28 bits per heavy atom. The Labute approximate surface area is 106 Å². The van der Waals surface area contributed by atoms with Crippen molar-refractivity contribution in [3.63, 3.8) is 0 Å². The van der Waals surface area contributed by atoms with Gasteiger partial charge in [0, 0.05) is 18.6 Å². The zero-order valence-electron chi connectivity index (χ0n) is 10.3. The fourth-order valence-corrected chi connectivity index (χ4v) is 1.77. The highest BCUT2D eigenvalue weighted by atomic mass is 16.5. The maximum atomic E-state index is 5.82. The second-order valence-electron chi connectivity index (χ2n) is 4.63. The monoisotopic (exact) mass is 241 g/mol. The number of aromatic nitrogens is 3. The van der Waals surface area contributed by atoms with Crippen LogP contribution in [-0.2, 0) is 0 Å². The first-order valence-electron chi connectivity index (χ1n) is 6.20. The summed E-state index contributed by atoms with van der Waals surface area (Å²) in [5.74, 6) is 2.13. The third-order valence-electron chi connectivity index (χ3n) is 3.02. The summed E-state index contributed by atoms with van der Waals surface area (Å²) in [4.78, 5) is 12.7. The van der Waals surface area contributed by atoms with Crippen molar-refractivity contribution in [3.05, 3.63) is 36.5 Å². The van der Waals surface area contributed by atoms with Crippen molar-refractivity contribution < 1.29 is 4.74 Å². The topological polar surface area (TPSA) is 47.9 Å². The molecule has 0 unspecified atom stereocenters. The summed E-state index contributed by atoms with van der Waals surface area (Å²) in [7, 11) is 0. The van der Waals surface area contributed by atoms with Crippen LogP contribution in [0.4, 0.5) is 0 Å². The zero-order valence-corrected chi connectivity index (χ0v) is 10.3. The van der Waals surface area contributed by atoms with Crippen LogP contribution in [0.5, 0.6) is 5.88 Å². The molecule has 4 heteroatoms. The molecule has 0 saturated heterocycles. The number of hydrogen-bond acceptors (Lipinski definition) is 4. The van der Waals surface area contributed by atoms with Gasteiger partial charge in [0.05, 0.1) is 12.2 Å². The molecule has 3 rings (SSSR count). The number of rotatable bonds is 4. The van der Waals surface area contributed by atoms with Crippen molar-refractivity contribution >= 4 is 0 Å². The maximum absolute atomic E-state index is 5.82. The summed E-state index contributed by atoms with van der Waals surface area (Å²) in [6, 6.07) is 3.88. The van der Waals surface area contributed by atoms with Gasteiger partial charge in [0.25, 0.3) is 0 Å². The van der Waals surface area contributed by atoms with Gasteiger partial charge in [-0.2, -0.15) is 4.98 Å². The molecule has 0 amide bonds. The Hall–Kier alpha value is -1.97. The second kappa shape index (κ2) is 4.72. The quantitative estimate of drug-likeness (QED) is 0.825. The number of pyridine rings is 1. The van der Waals surface area contributed by atoms with Crippen molar-refractivity contribution in [3.8, 4) is 17.0 Å². The molecule has 0 bridgehead atoms. The minimum Gasteiger partial charge on any atom is -0.477 e. The van der Waals surface area contributed by atoms with E-state index in [1.165, 1.54) is 12.8 Å². The predicted molar refractivity (Wildman–Crippen MR) is 68.2 cm³/mol. The van der Waals surface area contributed by atoms with Crippen LogP contribution in [0.1, 0.15) is 18.7 Å². The fraction of sp³-hybridized carbons (Fsp3) is 0.357. The van der Waals surface area contributed by atoms with Crippen molar-refractivity contribution in [2.75, 3.05) is 6.61 Å². The first-order valence-corrected chi connectivity index (χ1v) is 6.20. The van der Waals surface area contributed by atoms with E-state index in [-0.39, 0.29) is 0 Å². The van der Waals surface area contributed by atoms with Gasteiger partial charge in [-0.05, 0) is 43.4 Å². The van der Waals surface area contributed by atoms with Gasteiger partial charge in [-0.1, -0.05) is 0 Å². The molecular weight excluding hydrogens is 226 g/mol. The summed E-state index contributed by atoms with van der Waals surface area (Å²) in [6.07, 6.45) is 7.89. The lowest BCUT2D eigenvalue weighted by Gasteiger charge is -2.10. The first-order chi connectivity index (χ1) is 8.83. The van der Waals surface area contributed by atoms with E-state index in [1.54, 1.807) is 12.4 Å². The SMILES string of the molecule is Cc1ncc(-c2ccncc2)c(OCC2CC2)n1. The summed E-state index contributed by atoms with van der Waals surface area (Å²) < 4.78 is 5.82. The predicted octanol–water partition coefficient (Wildman–Crippen LogP) is 2.64. The van der Waals surface area contributed by atoms with Gasteiger partial charge < -0.3 is 4.74 Å². The molecule has 2 aromatic rings.